The van der Waals surface area contributed by atoms with Gasteiger partial charge >= 0.3 is 0 Å². The molecule has 1 N–H and O–H groups in total. The van der Waals surface area contributed by atoms with Gasteiger partial charge in [0.25, 0.3) is 0 Å². The van der Waals surface area contributed by atoms with Crippen LogP contribution in [0.2, 0.25) is 0 Å². The molecule has 184 valence electrons. The third-order valence-corrected chi connectivity index (χ3v) is 8.83. The lowest BCUT2D eigenvalue weighted by molar-refractivity contribution is 0.0736. The van der Waals surface area contributed by atoms with Gasteiger partial charge in [-0.1, -0.05) is 55.3 Å². The fourth-order valence-corrected chi connectivity index (χ4v) is 6.72. The molecule has 0 bridgehead atoms. The highest BCUT2D eigenvalue weighted by Crippen LogP contribution is 2.35. The van der Waals surface area contributed by atoms with Crippen LogP contribution < -0.4 is 5.32 Å². The van der Waals surface area contributed by atoms with E-state index in [1.807, 2.05) is 6.21 Å². The number of aliphatic imine (C=N–C) groups is 1. The Morgan fingerprint density at radius 2 is 2.06 bits per heavy atom. The average Bonchev–Trinajstić information content (AvgIpc) is 3.19. The fraction of sp³-hybridized carbons (Fsp3) is 0.778. The van der Waals surface area contributed by atoms with E-state index >= 15 is 0 Å². The number of amidine groups is 1. The molecule has 2 fully saturated rings. The molecule has 0 aromatic carbocycles. The Morgan fingerprint density at radius 3 is 2.79 bits per heavy atom. The minimum Gasteiger partial charge on any atom is -0.365 e. The highest BCUT2D eigenvalue weighted by Gasteiger charge is 2.39. The molecule has 0 amide bonds. The molecule has 0 aromatic rings. The van der Waals surface area contributed by atoms with Crippen molar-refractivity contribution in [1.29, 1.82) is 0 Å². The summed E-state index contributed by atoms with van der Waals surface area (Å²) in [5.41, 5.74) is 1.37. The van der Waals surface area contributed by atoms with Gasteiger partial charge in [0.1, 0.15) is 12.0 Å². The predicted molar refractivity (Wildman–Crippen MR) is 144 cm³/mol. The zero-order chi connectivity index (χ0) is 23.4. The highest BCUT2D eigenvalue weighted by molar-refractivity contribution is 9.10. The number of piperidine rings is 1. The maximum Gasteiger partial charge on any atom is 0.148 e. The highest BCUT2D eigenvalue weighted by atomic mass is 79.9. The minimum atomic E-state index is 0.129. The van der Waals surface area contributed by atoms with Gasteiger partial charge in [0.2, 0.25) is 0 Å². The summed E-state index contributed by atoms with van der Waals surface area (Å²) >= 11 is 3.82. The normalized spacial score (nSPS) is 37.3. The number of allylic oxidation sites excluding steroid dienone is 2. The van der Waals surface area contributed by atoms with Crippen molar-refractivity contribution in [2.45, 2.75) is 89.7 Å². The first-order chi connectivity index (χ1) is 16.0. The average molecular weight is 519 g/mol. The summed E-state index contributed by atoms with van der Waals surface area (Å²) < 4.78 is 0. The van der Waals surface area contributed by atoms with E-state index in [4.69, 9.17) is 4.99 Å². The van der Waals surface area contributed by atoms with E-state index in [1.54, 1.807) is 0 Å². The number of nitrogens with one attached hydrogen (secondary N) is 1. The van der Waals surface area contributed by atoms with Gasteiger partial charge in [0.15, 0.2) is 0 Å². The van der Waals surface area contributed by atoms with Crippen LogP contribution in [0.5, 0.6) is 0 Å². The third-order valence-electron chi connectivity index (χ3n) is 8.09. The maximum absolute atomic E-state index is 5.10. The number of alkyl halides is 1. The molecule has 0 spiro atoms. The molecule has 1 saturated carbocycles. The summed E-state index contributed by atoms with van der Waals surface area (Å²) in [5.74, 6) is 3.90. The molecule has 4 aliphatic rings. The van der Waals surface area contributed by atoms with Gasteiger partial charge in [-0.15, -0.1) is 0 Å². The van der Waals surface area contributed by atoms with Gasteiger partial charge in [-0.3, -0.25) is 9.89 Å². The molecule has 4 rings (SSSR count). The summed E-state index contributed by atoms with van der Waals surface area (Å²) in [5, 5.41) is 10.6. The van der Waals surface area contributed by atoms with E-state index in [2.05, 4.69) is 82.2 Å². The molecule has 3 heterocycles. The lowest BCUT2D eigenvalue weighted by Crippen LogP contribution is -2.54. The molecule has 5 nitrogen and oxygen atoms in total. The van der Waals surface area contributed by atoms with Gasteiger partial charge in [0.05, 0.1) is 4.83 Å². The van der Waals surface area contributed by atoms with Gasteiger partial charge in [0, 0.05) is 43.0 Å². The van der Waals surface area contributed by atoms with Crippen molar-refractivity contribution in [1.82, 2.24) is 15.2 Å². The molecule has 6 atom stereocenters. The second-order valence-corrected chi connectivity index (χ2v) is 12.0. The molecule has 0 radical (unpaired) electrons. The Morgan fingerprint density at radius 1 is 1.27 bits per heavy atom. The Balaban J connectivity index is 1.49. The number of halogens is 1. The van der Waals surface area contributed by atoms with Crippen molar-refractivity contribution in [3.8, 4) is 0 Å². The van der Waals surface area contributed by atoms with E-state index in [0.717, 1.165) is 43.1 Å². The van der Waals surface area contributed by atoms with Crippen LogP contribution in [0.25, 0.3) is 0 Å². The number of hydrazone groups is 1. The number of hydrogen-bond donors (Lipinski definition) is 1. The van der Waals surface area contributed by atoms with Crippen molar-refractivity contribution in [2.24, 2.45) is 33.8 Å². The Kier molecular flexibility index (Phi) is 8.72. The van der Waals surface area contributed by atoms with E-state index in [9.17, 15) is 0 Å². The molecular formula is C27H44BrN5. The number of rotatable bonds is 7. The van der Waals surface area contributed by atoms with Gasteiger partial charge in [-0.05, 0) is 69.7 Å². The maximum atomic E-state index is 5.10. The van der Waals surface area contributed by atoms with Crippen LogP contribution in [-0.4, -0.2) is 58.6 Å². The zero-order valence-corrected chi connectivity index (χ0v) is 22.7. The molecule has 1 aliphatic carbocycles. The molecule has 0 aromatic heterocycles. The Bertz CT molecular complexity index is 764. The number of nitrogens with zero attached hydrogens (tertiary/aromatic N) is 4. The molecular weight excluding hydrogens is 474 g/mol. The summed E-state index contributed by atoms with van der Waals surface area (Å²) in [6.07, 6.45) is 17.8. The Hall–Kier alpha value is -1.14. The van der Waals surface area contributed by atoms with Crippen LogP contribution >= 0.6 is 15.9 Å². The number of likely N-dealkylation sites (tertiary alicyclic amines) is 1. The predicted octanol–water partition coefficient (Wildman–Crippen LogP) is 5.79. The summed E-state index contributed by atoms with van der Waals surface area (Å²) in [7, 11) is 0. The van der Waals surface area contributed by atoms with Crippen LogP contribution in [0, 0.1) is 23.7 Å². The van der Waals surface area contributed by atoms with Gasteiger partial charge in [-0.2, -0.15) is 5.10 Å². The Labute approximate surface area is 210 Å². The second-order valence-electron chi connectivity index (χ2n) is 10.9. The minimum absolute atomic E-state index is 0.129. The van der Waals surface area contributed by atoms with E-state index < -0.39 is 0 Å². The standard InChI is InChI=1S/C27H44BrN5/c1-5-7-9-21(6-2)16-29-26-15-25(31-27-24(28)17-30-33(26)27)22-10-8-11-32(18-22)23-13-19(3)12-20(4)14-23/h5,7,15,17,19-24,27,31H,6,8-14,16,18H2,1-4H3/b7-5-,29-26?. The first-order valence-corrected chi connectivity index (χ1v) is 14.2. The van der Waals surface area contributed by atoms with Crippen LogP contribution in [0.1, 0.15) is 72.6 Å². The molecule has 1 saturated heterocycles. The van der Waals surface area contributed by atoms with Crippen molar-refractivity contribution in [3.05, 3.63) is 23.9 Å². The smallest absolute Gasteiger partial charge is 0.148 e. The van der Waals surface area contributed by atoms with E-state index in [0.29, 0.717) is 11.8 Å². The topological polar surface area (TPSA) is 43.2 Å². The number of fused-ring (bicyclic) bond motifs is 1. The molecule has 3 aliphatic heterocycles. The summed E-state index contributed by atoms with van der Waals surface area (Å²) in [6.45, 7) is 12.6. The lowest BCUT2D eigenvalue weighted by Gasteiger charge is -2.44. The van der Waals surface area contributed by atoms with Crippen molar-refractivity contribution in [2.75, 3.05) is 19.6 Å². The van der Waals surface area contributed by atoms with Crippen molar-refractivity contribution < 1.29 is 0 Å². The monoisotopic (exact) mass is 517 g/mol. The van der Waals surface area contributed by atoms with E-state index in [-0.39, 0.29) is 11.0 Å². The number of hydrogen-bond acceptors (Lipinski definition) is 4. The SMILES string of the molecule is C/C=C\CC(CC)CN=C1C=C(C2CCCN(C3CC(C)CC(C)C3)C2)NC2C(Br)C=NN12. The van der Waals surface area contributed by atoms with Crippen LogP contribution in [0.4, 0.5) is 0 Å². The molecule has 6 heteroatoms. The fourth-order valence-electron chi connectivity index (χ4n) is 6.25. The van der Waals surface area contributed by atoms with Gasteiger partial charge in [-0.25, -0.2) is 5.01 Å². The summed E-state index contributed by atoms with van der Waals surface area (Å²) in [4.78, 5) is 8.12. The second kappa shape index (κ2) is 11.5. The quantitative estimate of drug-likeness (QED) is 0.343. The lowest BCUT2D eigenvalue weighted by atomic mass is 9.78. The first kappa shape index (κ1) is 25.0. The van der Waals surface area contributed by atoms with E-state index in [1.165, 1.54) is 50.9 Å². The third kappa shape index (κ3) is 6.11. The van der Waals surface area contributed by atoms with Crippen molar-refractivity contribution >= 4 is 28.0 Å². The molecule has 6 unspecified atom stereocenters. The first-order valence-electron chi connectivity index (χ1n) is 13.3. The summed E-state index contributed by atoms with van der Waals surface area (Å²) in [6, 6.07) is 0.760. The van der Waals surface area contributed by atoms with Crippen LogP contribution in [0.15, 0.2) is 34.0 Å². The zero-order valence-electron chi connectivity index (χ0n) is 21.1. The molecule has 33 heavy (non-hydrogen) atoms. The van der Waals surface area contributed by atoms with Crippen molar-refractivity contribution in [3.63, 3.8) is 0 Å². The van der Waals surface area contributed by atoms with Crippen LogP contribution in [-0.2, 0) is 0 Å². The van der Waals surface area contributed by atoms with Gasteiger partial charge < -0.3 is 5.32 Å². The van der Waals surface area contributed by atoms with Crippen LogP contribution in [0.3, 0.4) is 0 Å². The largest absolute Gasteiger partial charge is 0.365 e.